The highest BCUT2D eigenvalue weighted by atomic mass is 35.5. The second-order valence-corrected chi connectivity index (χ2v) is 5.92. The van der Waals surface area contributed by atoms with E-state index >= 15 is 0 Å². The Balaban J connectivity index is 1.93. The number of rotatable bonds is 4. The van der Waals surface area contributed by atoms with Gasteiger partial charge in [0, 0.05) is 12.4 Å². The Morgan fingerprint density at radius 2 is 1.96 bits per heavy atom. The quantitative estimate of drug-likeness (QED) is 0.687. The summed E-state index contributed by atoms with van der Waals surface area (Å²) in [5.74, 6) is 1.03. The molecule has 1 saturated carbocycles. The number of aryl methyl sites for hydroxylation is 1. The van der Waals surface area contributed by atoms with Crippen molar-refractivity contribution in [3.63, 3.8) is 0 Å². The van der Waals surface area contributed by atoms with E-state index in [0.29, 0.717) is 16.9 Å². The number of fused-ring (bicyclic) bond motifs is 1. The number of pyridine rings is 1. The second kappa shape index (κ2) is 5.38. The van der Waals surface area contributed by atoms with Crippen LogP contribution in [0.1, 0.15) is 12.8 Å². The van der Waals surface area contributed by atoms with Crippen molar-refractivity contribution in [1.29, 1.82) is 0 Å². The molecular formula is C16H15ClN4O2. The number of methoxy groups -OCH3 is 1. The molecule has 4 rings (SSSR count). The number of hydrogen-bond acceptors (Lipinski definition) is 5. The number of halogens is 1. The third-order valence-corrected chi connectivity index (χ3v) is 4.13. The summed E-state index contributed by atoms with van der Waals surface area (Å²) in [6, 6.07) is 3.85. The third kappa shape index (κ3) is 2.49. The Morgan fingerprint density at radius 1 is 1.17 bits per heavy atom. The van der Waals surface area contributed by atoms with E-state index in [1.165, 1.54) is 6.33 Å². The van der Waals surface area contributed by atoms with Crippen molar-refractivity contribution in [2.24, 2.45) is 7.05 Å². The lowest BCUT2D eigenvalue weighted by molar-refractivity contribution is 0.288. The van der Waals surface area contributed by atoms with E-state index in [0.717, 1.165) is 35.0 Å². The molecule has 1 aliphatic carbocycles. The van der Waals surface area contributed by atoms with Crippen molar-refractivity contribution < 1.29 is 9.47 Å². The first-order valence-electron chi connectivity index (χ1n) is 7.34. The normalized spacial score (nSPS) is 14.2. The summed E-state index contributed by atoms with van der Waals surface area (Å²) in [5, 5.41) is 1.45. The number of hydrogen-bond donors (Lipinski definition) is 0. The molecule has 3 aromatic rings. The van der Waals surface area contributed by atoms with Crippen molar-refractivity contribution in [2.75, 3.05) is 7.11 Å². The molecule has 1 aliphatic rings. The minimum atomic E-state index is 0.235. The Labute approximate surface area is 138 Å². The molecular weight excluding hydrogens is 316 g/mol. The molecule has 0 aromatic carbocycles. The molecule has 23 heavy (non-hydrogen) atoms. The van der Waals surface area contributed by atoms with E-state index in [-0.39, 0.29) is 6.10 Å². The third-order valence-electron chi connectivity index (χ3n) is 3.93. The van der Waals surface area contributed by atoms with Gasteiger partial charge in [-0.15, -0.1) is 0 Å². The van der Waals surface area contributed by atoms with Crippen LogP contribution in [0, 0.1) is 0 Å². The average Bonchev–Trinajstić information content (AvgIpc) is 3.30. The van der Waals surface area contributed by atoms with E-state index < -0.39 is 0 Å². The monoisotopic (exact) mass is 330 g/mol. The maximum Gasteiger partial charge on any atom is 0.230 e. The summed E-state index contributed by atoms with van der Waals surface area (Å²) in [5.41, 5.74) is 2.61. The molecule has 3 aromatic heterocycles. The fraction of sp³-hybridized carbons (Fsp3) is 0.312. The van der Waals surface area contributed by atoms with Crippen LogP contribution in [0.15, 0.2) is 24.7 Å². The fourth-order valence-corrected chi connectivity index (χ4v) is 2.77. The van der Waals surface area contributed by atoms with Crippen LogP contribution in [0.2, 0.25) is 5.15 Å². The van der Waals surface area contributed by atoms with Crippen LogP contribution in [0.25, 0.3) is 22.2 Å². The summed E-state index contributed by atoms with van der Waals surface area (Å²) >= 11 is 6.00. The van der Waals surface area contributed by atoms with E-state index in [9.17, 15) is 0 Å². The Bertz CT molecular complexity index is 889. The fourth-order valence-electron chi connectivity index (χ4n) is 2.61. The molecule has 0 amide bonds. The van der Waals surface area contributed by atoms with Gasteiger partial charge in [0.05, 0.1) is 24.5 Å². The second-order valence-electron chi connectivity index (χ2n) is 5.53. The van der Waals surface area contributed by atoms with Crippen LogP contribution in [0.5, 0.6) is 11.8 Å². The SMILES string of the molecule is COc1ncnc(OC2CC2)c1-c1cc2cc(Cl)ncc2n1C. The van der Waals surface area contributed by atoms with Gasteiger partial charge in [0.2, 0.25) is 11.8 Å². The van der Waals surface area contributed by atoms with Crippen molar-refractivity contribution in [3.8, 4) is 23.0 Å². The van der Waals surface area contributed by atoms with Gasteiger partial charge >= 0.3 is 0 Å². The first kappa shape index (κ1) is 14.3. The number of ether oxygens (including phenoxy) is 2. The van der Waals surface area contributed by atoms with Crippen molar-refractivity contribution in [3.05, 3.63) is 29.8 Å². The van der Waals surface area contributed by atoms with Gasteiger partial charge in [0.25, 0.3) is 0 Å². The van der Waals surface area contributed by atoms with Crippen LogP contribution >= 0.6 is 11.6 Å². The maximum absolute atomic E-state index is 6.00. The zero-order valence-electron chi connectivity index (χ0n) is 12.8. The minimum Gasteiger partial charge on any atom is -0.480 e. The number of aromatic nitrogens is 4. The van der Waals surface area contributed by atoms with Crippen molar-refractivity contribution >= 4 is 22.5 Å². The predicted molar refractivity (Wildman–Crippen MR) is 87.0 cm³/mol. The molecule has 6 nitrogen and oxygen atoms in total. The Hall–Kier alpha value is -2.34. The molecule has 3 heterocycles. The number of nitrogens with zero attached hydrogens (tertiary/aromatic N) is 4. The van der Waals surface area contributed by atoms with Gasteiger partial charge in [-0.25, -0.2) is 15.0 Å². The van der Waals surface area contributed by atoms with Crippen LogP contribution < -0.4 is 9.47 Å². The highest BCUT2D eigenvalue weighted by Gasteiger charge is 2.28. The molecule has 0 bridgehead atoms. The van der Waals surface area contributed by atoms with Crippen LogP contribution in [0.3, 0.4) is 0 Å². The molecule has 0 saturated heterocycles. The Morgan fingerprint density at radius 3 is 2.70 bits per heavy atom. The molecule has 0 spiro atoms. The van der Waals surface area contributed by atoms with Crippen LogP contribution in [0.4, 0.5) is 0 Å². The standard InChI is InChI=1S/C16H15ClN4O2/c1-21-11(5-9-6-13(17)18-7-12(9)21)14-15(22-2)19-8-20-16(14)23-10-3-4-10/h5-8,10H,3-4H2,1-2H3. The zero-order valence-corrected chi connectivity index (χ0v) is 13.5. The van der Waals surface area contributed by atoms with Gasteiger partial charge in [-0.3, -0.25) is 0 Å². The molecule has 0 radical (unpaired) electrons. The highest BCUT2D eigenvalue weighted by Crippen LogP contribution is 2.40. The van der Waals surface area contributed by atoms with E-state index in [2.05, 4.69) is 15.0 Å². The Kier molecular flexibility index (Phi) is 3.34. The van der Waals surface area contributed by atoms with Crippen LogP contribution in [-0.4, -0.2) is 32.7 Å². The maximum atomic E-state index is 6.00. The van der Waals surface area contributed by atoms with E-state index in [1.54, 1.807) is 13.3 Å². The van der Waals surface area contributed by atoms with Gasteiger partial charge in [-0.2, -0.15) is 0 Å². The van der Waals surface area contributed by atoms with Crippen molar-refractivity contribution in [2.45, 2.75) is 18.9 Å². The van der Waals surface area contributed by atoms with E-state index in [1.807, 2.05) is 23.7 Å². The molecule has 0 aliphatic heterocycles. The zero-order chi connectivity index (χ0) is 16.0. The van der Waals surface area contributed by atoms with Gasteiger partial charge in [-0.1, -0.05) is 11.6 Å². The first-order chi connectivity index (χ1) is 11.2. The van der Waals surface area contributed by atoms with Gasteiger partial charge in [0.15, 0.2) is 0 Å². The molecule has 7 heteroatoms. The van der Waals surface area contributed by atoms with Gasteiger partial charge in [0.1, 0.15) is 23.1 Å². The molecule has 0 atom stereocenters. The largest absolute Gasteiger partial charge is 0.480 e. The van der Waals surface area contributed by atoms with Gasteiger partial charge < -0.3 is 14.0 Å². The molecule has 0 unspecified atom stereocenters. The summed E-state index contributed by atoms with van der Waals surface area (Å²) in [7, 11) is 3.55. The summed E-state index contributed by atoms with van der Waals surface area (Å²) in [4.78, 5) is 12.7. The summed E-state index contributed by atoms with van der Waals surface area (Å²) in [6.45, 7) is 0. The minimum absolute atomic E-state index is 0.235. The average molecular weight is 331 g/mol. The first-order valence-corrected chi connectivity index (χ1v) is 7.72. The van der Waals surface area contributed by atoms with E-state index in [4.69, 9.17) is 21.1 Å². The molecule has 0 N–H and O–H groups in total. The molecule has 1 fully saturated rings. The highest BCUT2D eigenvalue weighted by molar-refractivity contribution is 6.30. The van der Waals surface area contributed by atoms with Crippen molar-refractivity contribution in [1.82, 2.24) is 19.5 Å². The van der Waals surface area contributed by atoms with Gasteiger partial charge in [-0.05, 0) is 25.0 Å². The lowest BCUT2D eigenvalue weighted by atomic mass is 10.2. The lowest BCUT2D eigenvalue weighted by Crippen LogP contribution is -2.04. The predicted octanol–water partition coefficient (Wildman–Crippen LogP) is 3.23. The topological polar surface area (TPSA) is 62.1 Å². The molecule has 118 valence electrons. The lowest BCUT2D eigenvalue weighted by Gasteiger charge is -2.13. The smallest absolute Gasteiger partial charge is 0.230 e. The van der Waals surface area contributed by atoms with Crippen LogP contribution in [-0.2, 0) is 7.05 Å². The summed E-state index contributed by atoms with van der Waals surface area (Å²) in [6.07, 6.45) is 5.56. The summed E-state index contributed by atoms with van der Waals surface area (Å²) < 4.78 is 13.4.